The molecular weight excluding hydrogens is 280 g/mol. The van der Waals surface area contributed by atoms with Crippen molar-refractivity contribution in [3.05, 3.63) is 59.1 Å². The van der Waals surface area contributed by atoms with E-state index in [1.165, 1.54) is 5.56 Å². The predicted molar refractivity (Wildman–Crippen MR) is 87.9 cm³/mol. The van der Waals surface area contributed by atoms with Gasteiger partial charge in [0.2, 0.25) is 0 Å². The first-order chi connectivity index (χ1) is 10.3. The number of fused-ring (bicyclic) bond motifs is 1. The Hall–Kier alpha value is -1.91. The van der Waals surface area contributed by atoms with Crippen molar-refractivity contribution in [1.29, 1.82) is 0 Å². The van der Waals surface area contributed by atoms with Gasteiger partial charge in [0.1, 0.15) is 10.8 Å². The maximum Gasteiger partial charge on any atom is 0.120 e. The minimum Gasteiger partial charge on any atom is -0.494 e. The molecule has 1 heterocycles. The van der Waals surface area contributed by atoms with Gasteiger partial charge in [-0.3, -0.25) is 0 Å². The molecule has 0 spiro atoms. The van der Waals surface area contributed by atoms with Crippen LogP contribution in [0.1, 0.15) is 23.5 Å². The third kappa shape index (κ3) is 3.23. The minimum absolute atomic E-state index is 0.0691. The lowest BCUT2D eigenvalue weighted by Crippen LogP contribution is -2.12. The van der Waals surface area contributed by atoms with Crippen LogP contribution in [-0.4, -0.2) is 11.6 Å². The first kappa shape index (κ1) is 14.0. The van der Waals surface area contributed by atoms with E-state index in [2.05, 4.69) is 17.1 Å². The summed E-state index contributed by atoms with van der Waals surface area (Å²) < 4.78 is 6.65. The molecule has 4 heteroatoms. The van der Waals surface area contributed by atoms with Gasteiger partial charge in [0, 0.05) is 0 Å². The molecule has 0 saturated carbocycles. The zero-order chi connectivity index (χ0) is 14.7. The van der Waals surface area contributed by atoms with Crippen LogP contribution in [0.5, 0.6) is 5.75 Å². The lowest BCUT2D eigenvalue weighted by atomic mass is 10.1. The molecule has 0 aliphatic heterocycles. The Morgan fingerprint density at radius 2 is 2.00 bits per heavy atom. The van der Waals surface area contributed by atoms with Gasteiger partial charge in [-0.1, -0.05) is 30.3 Å². The molecule has 0 aliphatic rings. The summed E-state index contributed by atoms with van der Waals surface area (Å²) in [5.41, 5.74) is 8.53. The summed E-state index contributed by atoms with van der Waals surface area (Å²) in [5, 5.41) is 0.975. The van der Waals surface area contributed by atoms with Crippen molar-refractivity contribution < 1.29 is 4.74 Å². The topological polar surface area (TPSA) is 48.1 Å². The van der Waals surface area contributed by atoms with E-state index in [0.29, 0.717) is 6.61 Å². The first-order valence-corrected chi connectivity index (χ1v) is 7.90. The van der Waals surface area contributed by atoms with Crippen LogP contribution in [0, 0.1) is 0 Å². The summed E-state index contributed by atoms with van der Waals surface area (Å²) >= 11 is 1.65. The molecule has 0 fully saturated rings. The molecule has 2 N–H and O–H groups in total. The number of hydrogen-bond acceptors (Lipinski definition) is 4. The zero-order valence-corrected chi connectivity index (χ0v) is 12.8. The number of thiazole rings is 1. The molecule has 3 aromatic rings. The maximum absolute atomic E-state index is 6.30. The quantitative estimate of drug-likeness (QED) is 0.776. The van der Waals surface area contributed by atoms with Crippen LogP contribution in [0.4, 0.5) is 0 Å². The zero-order valence-electron chi connectivity index (χ0n) is 12.0. The second-order valence-electron chi connectivity index (χ2n) is 4.91. The van der Waals surface area contributed by atoms with E-state index in [0.717, 1.165) is 27.4 Å². The van der Waals surface area contributed by atoms with Crippen LogP contribution in [0.25, 0.3) is 10.2 Å². The highest BCUT2D eigenvalue weighted by atomic mass is 32.1. The summed E-state index contributed by atoms with van der Waals surface area (Å²) in [5.74, 6) is 0.886. The van der Waals surface area contributed by atoms with Crippen LogP contribution in [0.3, 0.4) is 0 Å². The highest BCUT2D eigenvalue weighted by Crippen LogP contribution is 2.30. The van der Waals surface area contributed by atoms with Crippen molar-refractivity contribution in [1.82, 2.24) is 4.98 Å². The molecule has 0 radical (unpaired) electrons. The number of hydrogen-bond donors (Lipinski definition) is 1. The number of ether oxygens (including phenoxy) is 1. The molecule has 1 atom stereocenters. The molecule has 21 heavy (non-hydrogen) atoms. The van der Waals surface area contributed by atoms with Gasteiger partial charge in [0.25, 0.3) is 0 Å². The third-order valence-corrected chi connectivity index (χ3v) is 4.45. The summed E-state index contributed by atoms with van der Waals surface area (Å²) in [6.45, 7) is 2.66. The van der Waals surface area contributed by atoms with Crippen LogP contribution in [0.2, 0.25) is 0 Å². The average molecular weight is 298 g/mol. The molecule has 3 rings (SSSR count). The van der Waals surface area contributed by atoms with Crippen molar-refractivity contribution in [3.8, 4) is 5.75 Å². The summed E-state index contributed by atoms with van der Waals surface area (Å²) in [6.07, 6.45) is 0.805. The monoisotopic (exact) mass is 298 g/mol. The van der Waals surface area contributed by atoms with Gasteiger partial charge in [0.05, 0.1) is 22.9 Å². The fourth-order valence-corrected chi connectivity index (χ4v) is 3.29. The Labute approximate surface area is 128 Å². The second-order valence-corrected chi connectivity index (χ2v) is 5.97. The Bertz CT molecular complexity index is 724. The van der Waals surface area contributed by atoms with Gasteiger partial charge in [-0.05, 0) is 37.1 Å². The summed E-state index contributed by atoms with van der Waals surface area (Å²) in [4.78, 5) is 4.65. The number of benzene rings is 2. The maximum atomic E-state index is 6.30. The molecular formula is C17H18N2OS. The molecule has 3 nitrogen and oxygen atoms in total. The van der Waals surface area contributed by atoms with Crippen LogP contribution < -0.4 is 10.5 Å². The number of nitrogens with zero attached hydrogens (tertiary/aromatic N) is 1. The van der Waals surface area contributed by atoms with E-state index in [4.69, 9.17) is 10.5 Å². The number of aromatic nitrogens is 1. The molecule has 1 unspecified atom stereocenters. The van der Waals surface area contributed by atoms with Gasteiger partial charge in [-0.2, -0.15) is 0 Å². The normalized spacial score (nSPS) is 12.5. The molecule has 2 aromatic carbocycles. The van der Waals surface area contributed by atoms with E-state index < -0.39 is 0 Å². The standard InChI is InChI=1S/C17H18N2OS/c1-2-20-13-8-9-15-16(11-13)21-17(19-15)14(18)10-12-6-4-3-5-7-12/h3-9,11,14H,2,10,18H2,1H3. The Morgan fingerprint density at radius 3 is 2.76 bits per heavy atom. The third-order valence-electron chi connectivity index (χ3n) is 3.30. The van der Waals surface area contributed by atoms with Gasteiger partial charge in [0.15, 0.2) is 0 Å². The van der Waals surface area contributed by atoms with E-state index in [-0.39, 0.29) is 6.04 Å². The fraction of sp³-hybridized carbons (Fsp3) is 0.235. The Balaban J connectivity index is 1.83. The lowest BCUT2D eigenvalue weighted by molar-refractivity contribution is 0.341. The summed E-state index contributed by atoms with van der Waals surface area (Å²) in [6, 6.07) is 16.2. The smallest absolute Gasteiger partial charge is 0.120 e. The fourth-order valence-electron chi connectivity index (χ4n) is 2.29. The average Bonchev–Trinajstić information content (AvgIpc) is 2.92. The molecule has 108 valence electrons. The minimum atomic E-state index is -0.0691. The highest BCUT2D eigenvalue weighted by Gasteiger charge is 2.13. The van der Waals surface area contributed by atoms with Gasteiger partial charge < -0.3 is 10.5 Å². The summed E-state index contributed by atoms with van der Waals surface area (Å²) in [7, 11) is 0. The largest absolute Gasteiger partial charge is 0.494 e. The lowest BCUT2D eigenvalue weighted by Gasteiger charge is -2.07. The van der Waals surface area contributed by atoms with E-state index in [1.54, 1.807) is 11.3 Å². The molecule has 0 amide bonds. The highest BCUT2D eigenvalue weighted by molar-refractivity contribution is 7.18. The Morgan fingerprint density at radius 1 is 1.19 bits per heavy atom. The van der Waals surface area contributed by atoms with Crippen molar-refractivity contribution in [2.75, 3.05) is 6.61 Å². The van der Waals surface area contributed by atoms with Gasteiger partial charge in [-0.15, -0.1) is 11.3 Å². The van der Waals surface area contributed by atoms with Crippen molar-refractivity contribution >= 4 is 21.6 Å². The van der Waals surface area contributed by atoms with E-state index in [1.807, 2.05) is 43.3 Å². The van der Waals surface area contributed by atoms with Crippen LogP contribution >= 0.6 is 11.3 Å². The van der Waals surface area contributed by atoms with E-state index >= 15 is 0 Å². The Kier molecular flexibility index (Phi) is 4.18. The van der Waals surface area contributed by atoms with Crippen molar-refractivity contribution in [2.24, 2.45) is 5.73 Å². The van der Waals surface area contributed by atoms with Crippen molar-refractivity contribution in [2.45, 2.75) is 19.4 Å². The van der Waals surface area contributed by atoms with Gasteiger partial charge >= 0.3 is 0 Å². The van der Waals surface area contributed by atoms with Crippen molar-refractivity contribution in [3.63, 3.8) is 0 Å². The molecule has 0 saturated heterocycles. The number of rotatable bonds is 5. The number of nitrogens with two attached hydrogens (primary N) is 1. The molecule has 0 aliphatic carbocycles. The first-order valence-electron chi connectivity index (χ1n) is 7.09. The SMILES string of the molecule is CCOc1ccc2nc(C(N)Cc3ccccc3)sc2c1. The second kappa shape index (κ2) is 6.24. The van der Waals surface area contributed by atoms with E-state index in [9.17, 15) is 0 Å². The van der Waals surface area contributed by atoms with Crippen LogP contribution in [-0.2, 0) is 6.42 Å². The molecule has 0 bridgehead atoms. The van der Waals surface area contributed by atoms with Crippen LogP contribution in [0.15, 0.2) is 48.5 Å². The van der Waals surface area contributed by atoms with Gasteiger partial charge in [-0.25, -0.2) is 4.98 Å². The predicted octanol–water partition coefficient (Wildman–Crippen LogP) is 3.94. The molecule has 1 aromatic heterocycles.